The molecule has 1 fully saturated rings. The number of likely N-dealkylation sites (tertiary alicyclic amines) is 1. The topological polar surface area (TPSA) is 73.2 Å². The molecule has 2 aromatic rings. The van der Waals surface area contributed by atoms with E-state index in [2.05, 4.69) is 21.9 Å². The molecule has 1 saturated heterocycles. The molecule has 1 aromatic carbocycles. The van der Waals surface area contributed by atoms with Crippen LogP contribution >= 0.6 is 0 Å². The van der Waals surface area contributed by atoms with Crippen molar-refractivity contribution in [2.75, 3.05) is 53.6 Å². The predicted molar refractivity (Wildman–Crippen MR) is 130 cm³/mol. The van der Waals surface area contributed by atoms with Crippen molar-refractivity contribution in [2.45, 2.75) is 38.8 Å². The van der Waals surface area contributed by atoms with Gasteiger partial charge in [-0.05, 0) is 43.6 Å². The SMILES string of the molecule is COC(=O)c1c(OCCN2CCCCC2)cc(=O)n2c1CCN(Cc1ccc(OC)cc1)CC2. The van der Waals surface area contributed by atoms with E-state index in [0.29, 0.717) is 43.1 Å². The van der Waals surface area contributed by atoms with Crippen molar-refractivity contribution < 1.29 is 19.0 Å². The minimum atomic E-state index is -0.458. The Hall–Kier alpha value is -2.84. The lowest BCUT2D eigenvalue weighted by Gasteiger charge is -2.26. The van der Waals surface area contributed by atoms with Gasteiger partial charge in [-0.3, -0.25) is 14.6 Å². The van der Waals surface area contributed by atoms with Crippen LogP contribution in [0.25, 0.3) is 0 Å². The molecular weight excluding hydrogens is 434 g/mol. The molecule has 4 rings (SSSR count). The van der Waals surface area contributed by atoms with E-state index in [4.69, 9.17) is 14.2 Å². The van der Waals surface area contributed by atoms with Gasteiger partial charge in [0.1, 0.15) is 23.7 Å². The van der Waals surface area contributed by atoms with Crippen LogP contribution in [0, 0.1) is 0 Å². The number of aromatic nitrogens is 1. The van der Waals surface area contributed by atoms with Crippen molar-refractivity contribution in [2.24, 2.45) is 0 Å². The molecule has 0 unspecified atom stereocenters. The van der Waals surface area contributed by atoms with Gasteiger partial charge in [0.2, 0.25) is 0 Å². The quantitative estimate of drug-likeness (QED) is 0.550. The minimum Gasteiger partial charge on any atom is -0.497 e. The van der Waals surface area contributed by atoms with E-state index in [-0.39, 0.29) is 5.56 Å². The Balaban J connectivity index is 1.50. The lowest BCUT2D eigenvalue weighted by atomic mass is 10.1. The number of nitrogens with zero attached hydrogens (tertiary/aromatic N) is 3. The van der Waals surface area contributed by atoms with Crippen LogP contribution in [0.2, 0.25) is 0 Å². The van der Waals surface area contributed by atoms with Gasteiger partial charge in [0.25, 0.3) is 5.56 Å². The van der Waals surface area contributed by atoms with Gasteiger partial charge in [-0.25, -0.2) is 4.79 Å². The fourth-order valence-corrected chi connectivity index (χ4v) is 4.84. The Labute approximate surface area is 201 Å². The molecule has 0 radical (unpaired) electrons. The fourth-order valence-electron chi connectivity index (χ4n) is 4.84. The molecule has 0 bridgehead atoms. The van der Waals surface area contributed by atoms with Crippen LogP contribution < -0.4 is 15.0 Å². The van der Waals surface area contributed by atoms with Crippen molar-refractivity contribution in [1.29, 1.82) is 0 Å². The molecule has 8 heteroatoms. The van der Waals surface area contributed by atoms with Gasteiger partial charge in [0, 0.05) is 50.9 Å². The first-order valence-electron chi connectivity index (χ1n) is 12.1. The third kappa shape index (κ3) is 5.80. The molecule has 8 nitrogen and oxygen atoms in total. The smallest absolute Gasteiger partial charge is 0.343 e. The maximum Gasteiger partial charge on any atom is 0.343 e. The zero-order valence-corrected chi connectivity index (χ0v) is 20.3. The summed E-state index contributed by atoms with van der Waals surface area (Å²) in [5.74, 6) is 0.707. The Kier molecular flexibility index (Phi) is 8.24. The second-order valence-corrected chi connectivity index (χ2v) is 8.94. The Morgan fingerprint density at radius 2 is 1.71 bits per heavy atom. The number of ether oxygens (including phenoxy) is 3. The van der Waals surface area contributed by atoms with E-state index in [1.165, 1.54) is 38.0 Å². The lowest BCUT2D eigenvalue weighted by Crippen LogP contribution is -2.34. The standard InChI is InChI=1S/C26H35N3O5/c1-32-21-8-6-20(7-9-21)19-28-13-10-22-25(26(31)33-2)23(18-24(30)29(22)15-14-28)34-17-16-27-11-4-3-5-12-27/h6-9,18H,3-5,10-17,19H2,1-2H3. The Bertz CT molecular complexity index is 1030. The number of fused-ring (bicyclic) bond motifs is 1. The largest absolute Gasteiger partial charge is 0.497 e. The first-order valence-corrected chi connectivity index (χ1v) is 12.1. The molecule has 0 N–H and O–H groups in total. The van der Waals surface area contributed by atoms with Gasteiger partial charge < -0.3 is 18.8 Å². The van der Waals surface area contributed by atoms with Crippen LogP contribution in [0.4, 0.5) is 0 Å². The highest BCUT2D eigenvalue weighted by atomic mass is 16.5. The van der Waals surface area contributed by atoms with Crippen molar-refractivity contribution in [3.63, 3.8) is 0 Å². The summed E-state index contributed by atoms with van der Waals surface area (Å²) in [5.41, 5.74) is 2.12. The highest BCUT2D eigenvalue weighted by Crippen LogP contribution is 2.25. The molecule has 2 aliphatic heterocycles. The van der Waals surface area contributed by atoms with E-state index >= 15 is 0 Å². The second-order valence-electron chi connectivity index (χ2n) is 8.94. The van der Waals surface area contributed by atoms with Crippen molar-refractivity contribution in [3.8, 4) is 11.5 Å². The first kappa shape index (κ1) is 24.3. The number of hydrogen-bond donors (Lipinski definition) is 0. The summed E-state index contributed by atoms with van der Waals surface area (Å²) in [5, 5.41) is 0. The van der Waals surface area contributed by atoms with Gasteiger partial charge >= 0.3 is 5.97 Å². The average Bonchev–Trinajstić information content (AvgIpc) is 3.08. The molecule has 2 aliphatic rings. The van der Waals surface area contributed by atoms with Crippen LogP contribution in [-0.4, -0.2) is 73.9 Å². The molecule has 184 valence electrons. The highest BCUT2D eigenvalue weighted by Gasteiger charge is 2.26. The molecule has 0 saturated carbocycles. The molecule has 1 aromatic heterocycles. The van der Waals surface area contributed by atoms with Gasteiger partial charge in [-0.1, -0.05) is 18.6 Å². The summed E-state index contributed by atoms with van der Waals surface area (Å²) in [7, 11) is 3.03. The van der Waals surface area contributed by atoms with Crippen molar-refractivity contribution >= 4 is 5.97 Å². The molecular formula is C26H35N3O5. The number of methoxy groups -OCH3 is 2. The van der Waals surface area contributed by atoms with E-state index in [9.17, 15) is 9.59 Å². The summed E-state index contributed by atoms with van der Waals surface area (Å²) in [6.07, 6.45) is 4.27. The van der Waals surface area contributed by atoms with E-state index in [1.54, 1.807) is 11.7 Å². The number of hydrogen-bond acceptors (Lipinski definition) is 7. The number of carbonyl (C=O) groups excluding carboxylic acids is 1. The summed E-state index contributed by atoms with van der Waals surface area (Å²) >= 11 is 0. The maximum atomic E-state index is 13.0. The average molecular weight is 470 g/mol. The molecule has 0 atom stereocenters. The number of esters is 1. The van der Waals surface area contributed by atoms with Crippen molar-refractivity contribution in [3.05, 3.63) is 57.5 Å². The number of rotatable bonds is 8. The number of benzene rings is 1. The molecule has 0 aliphatic carbocycles. The number of pyridine rings is 1. The summed E-state index contributed by atoms with van der Waals surface area (Å²) in [6, 6.07) is 9.46. The summed E-state index contributed by atoms with van der Waals surface area (Å²) < 4.78 is 18.1. The summed E-state index contributed by atoms with van der Waals surface area (Å²) in [6.45, 7) is 6.10. The third-order valence-corrected chi connectivity index (χ3v) is 6.75. The van der Waals surface area contributed by atoms with Gasteiger partial charge in [-0.15, -0.1) is 0 Å². The van der Waals surface area contributed by atoms with E-state index in [1.807, 2.05) is 12.1 Å². The fraction of sp³-hybridized carbons (Fsp3) is 0.538. The first-order chi connectivity index (χ1) is 16.6. The lowest BCUT2D eigenvalue weighted by molar-refractivity contribution is 0.0592. The molecule has 3 heterocycles. The summed E-state index contributed by atoms with van der Waals surface area (Å²) in [4.78, 5) is 30.4. The van der Waals surface area contributed by atoms with Crippen molar-refractivity contribution in [1.82, 2.24) is 14.4 Å². The zero-order valence-electron chi connectivity index (χ0n) is 20.3. The van der Waals surface area contributed by atoms with Crippen LogP contribution in [0.5, 0.6) is 11.5 Å². The van der Waals surface area contributed by atoms with Crippen LogP contribution in [0.1, 0.15) is 40.9 Å². The highest BCUT2D eigenvalue weighted by molar-refractivity contribution is 5.93. The number of carbonyl (C=O) groups is 1. The number of piperidine rings is 1. The molecule has 34 heavy (non-hydrogen) atoms. The molecule has 0 spiro atoms. The van der Waals surface area contributed by atoms with Crippen LogP contribution in [0.3, 0.4) is 0 Å². The van der Waals surface area contributed by atoms with E-state index < -0.39 is 5.97 Å². The minimum absolute atomic E-state index is 0.137. The predicted octanol–water partition coefficient (Wildman–Crippen LogP) is 2.57. The van der Waals surface area contributed by atoms with E-state index in [0.717, 1.165) is 38.5 Å². The third-order valence-electron chi connectivity index (χ3n) is 6.75. The van der Waals surface area contributed by atoms with Gasteiger partial charge in [-0.2, -0.15) is 0 Å². The monoisotopic (exact) mass is 469 g/mol. The zero-order chi connectivity index (χ0) is 23.9. The van der Waals surface area contributed by atoms with Gasteiger partial charge in [0.15, 0.2) is 0 Å². The Morgan fingerprint density at radius 3 is 2.41 bits per heavy atom. The van der Waals surface area contributed by atoms with Gasteiger partial charge in [0.05, 0.1) is 14.2 Å². The van der Waals surface area contributed by atoms with Crippen LogP contribution in [-0.2, 0) is 24.2 Å². The maximum absolute atomic E-state index is 13.0. The Morgan fingerprint density at radius 1 is 0.941 bits per heavy atom. The second kappa shape index (κ2) is 11.5. The molecule has 0 amide bonds. The normalized spacial score (nSPS) is 17.0. The van der Waals surface area contributed by atoms with Crippen LogP contribution in [0.15, 0.2) is 35.1 Å².